The van der Waals surface area contributed by atoms with Gasteiger partial charge in [-0.1, -0.05) is 26.0 Å². The van der Waals surface area contributed by atoms with Crippen LogP contribution < -0.4 is 9.80 Å². The molecule has 0 saturated heterocycles. The van der Waals surface area contributed by atoms with Crippen LogP contribution in [0.5, 0.6) is 0 Å². The predicted octanol–water partition coefficient (Wildman–Crippen LogP) is 4.76. The normalized spacial score (nSPS) is 11.5. The van der Waals surface area contributed by atoms with Crippen molar-refractivity contribution in [1.82, 2.24) is 0 Å². The lowest BCUT2D eigenvalue weighted by Crippen LogP contribution is -2.22. The lowest BCUT2D eigenvalue weighted by atomic mass is 9.74. The van der Waals surface area contributed by atoms with Crippen molar-refractivity contribution >= 4 is 11.4 Å². The van der Waals surface area contributed by atoms with Gasteiger partial charge in [0, 0.05) is 45.0 Å². The highest BCUT2D eigenvalue weighted by Crippen LogP contribution is 2.37. The molecule has 0 unspecified atom stereocenters. The fourth-order valence-electron chi connectivity index (χ4n) is 3.40. The van der Waals surface area contributed by atoms with E-state index in [-0.39, 0.29) is 5.41 Å². The highest BCUT2D eigenvalue weighted by molar-refractivity contribution is 5.56. The molecule has 0 saturated carbocycles. The molecule has 23 heavy (non-hydrogen) atoms. The van der Waals surface area contributed by atoms with Gasteiger partial charge in [0.05, 0.1) is 0 Å². The minimum atomic E-state index is -0.0101. The Morgan fingerprint density at radius 1 is 0.652 bits per heavy atom. The van der Waals surface area contributed by atoms with E-state index in [2.05, 4.69) is 102 Å². The zero-order valence-corrected chi connectivity index (χ0v) is 15.9. The Balaban J connectivity index is 2.50. The van der Waals surface area contributed by atoms with Gasteiger partial charge in [-0.05, 0) is 60.4 Å². The van der Waals surface area contributed by atoms with Gasteiger partial charge < -0.3 is 9.80 Å². The molecule has 0 heterocycles. The van der Waals surface area contributed by atoms with Gasteiger partial charge in [0.2, 0.25) is 0 Å². The Morgan fingerprint density at radius 2 is 1.00 bits per heavy atom. The van der Waals surface area contributed by atoms with Crippen LogP contribution in [-0.4, -0.2) is 28.2 Å². The first kappa shape index (κ1) is 17.4. The van der Waals surface area contributed by atoms with E-state index in [0.717, 1.165) is 0 Å². The van der Waals surface area contributed by atoms with Gasteiger partial charge in [0.15, 0.2) is 0 Å². The zero-order valence-electron chi connectivity index (χ0n) is 15.9. The molecule has 124 valence electrons. The van der Waals surface area contributed by atoms with Crippen molar-refractivity contribution in [3.05, 3.63) is 58.7 Å². The molecule has 0 atom stereocenters. The lowest BCUT2D eigenvalue weighted by molar-refractivity contribution is 0.631. The molecule has 2 aromatic carbocycles. The second-order valence-electron chi connectivity index (χ2n) is 7.41. The van der Waals surface area contributed by atoms with E-state index in [4.69, 9.17) is 0 Å². The molecule has 0 aliphatic carbocycles. The molecule has 0 aliphatic rings. The molecule has 0 N–H and O–H groups in total. The predicted molar refractivity (Wildman–Crippen MR) is 103 cm³/mol. The molecule has 0 aromatic heterocycles. The number of rotatable bonds is 4. The Hall–Kier alpha value is -1.96. The number of aryl methyl sites for hydroxylation is 2. The summed E-state index contributed by atoms with van der Waals surface area (Å²) in [6.07, 6.45) is 0. The summed E-state index contributed by atoms with van der Waals surface area (Å²) in [5.41, 5.74) is 7.97. The van der Waals surface area contributed by atoms with E-state index in [0.29, 0.717) is 0 Å². The van der Waals surface area contributed by atoms with E-state index in [1.807, 2.05) is 0 Å². The third-order valence-corrected chi connectivity index (χ3v) is 4.80. The summed E-state index contributed by atoms with van der Waals surface area (Å²) in [7, 11) is 8.35. The fraction of sp³-hybridized carbons (Fsp3) is 0.429. The molecular formula is C21H30N2. The van der Waals surface area contributed by atoms with E-state index in [9.17, 15) is 0 Å². The van der Waals surface area contributed by atoms with Crippen molar-refractivity contribution in [2.24, 2.45) is 0 Å². The van der Waals surface area contributed by atoms with Gasteiger partial charge in [-0.3, -0.25) is 0 Å². The maximum Gasteiger partial charge on any atom is 0.0363 e. The second-order valence-corrected chi connectivity index (χ2v) is 7.41. The number of nitrogens with zero attached hydrogens (tertiary/aromatic N) is 2. The number of hydrogen-bond donors (Lipinski definition) is 0. The molecular weight excluding hydrogens is 280 g/mol. The van der Waals surface area contributed by atoms with Crippen LogP contribution in [0.3, 0.4) is 0 Å². The van der Waals surface area contributed by atoms with Gasteiger partial charge in [-0.2, -0.15) is 0 Å². The summed E-state index contributed by atoms with van der Waals surface area (Å²) in [5, 5.41) is 0. The maximum atomic E-state index is 2.32. The third-order valence-electron chi connectivity index (χ3n) is 4.80. The highest BCUT2D eigenvalue weighted by Gasteiger charge is 2.26. The van der Waals surface area contributed by atoms with Crippen LogP contribution in [-0.2, 0) is 5.41 Å². The SMILES string of the molecule is Cc1cc(N(C)C)ccc1C(C)(C)c1ccc(N(C)C)cc1C. The zero-order chi connectivity index (χ0) is 17.4. The minimum absolute atomic E-state index is 0.0101. The van der Waals surface area contributed by atoms with Crippen molar-refractivity contribution < 1.29 is 0 Å². The summed E-state index contributed by atoms with van der Waals surface area (Å²) in [6.45, 7) is 9.08. The van der Waals surface area contributed by atoms with Crippen molar-refractivity contribution in [3.63, 3.8) is 0 Å². The summed E-state index contributed by atoms with van der Waals surface area (Å²) < 4.78 is 0. The van der Waals surface area contributed by atoms with Gasteiger partial charge in [-0.15, -0.1) is 0 Å². The average molecular weight is 310 g/mol. The quantitative estimate of drug-likeness (QED) is 0.803. The van der Waals surface area contributed by atoms with Crippen LogP contribution >= 0.6 is 0 Å². The molecule has 0 aliphatic heterocycles. The number of hydrogen-bond acceptors (Lipinski definition) is 2. The summed E-state index contributed by atoms with van der Waals surface area (Å²) >= 11 is 0. The Kier molecular flexibility index (Phi) is 4.74. The molecule has 0 radical (unpaired) electrons. The van der Waals surface area contributed by atoms with E-state index in [1.165, 1.54) is 33.6 Å². The van der Waals surface area contributed by atoms with Crippen LogP contribution in [0, 0.1) is 13.8 Å². The fourth-order valence-corrected chi connectivity index (χ4v) is 3.40. The van der Waals surface area contributed by atoms with Crippen LogP contribution in [0.1, 0.15) is 36.1 Å². The Morgan fingerprint density at radius 3 is 1.26 bits per heavy atom. The first-order valence-electron chi connectivity index (χ1n) is 8.21. The largest absolute Gasteiger partial charge is 0.378 e. The summed E-state index contributed by atoms with van der Waals surface area (Å²) in [6, 6.07) is 13.6. The molecule has 0 spiro atoms. The monoisotopic (exact) mass is 310 g/mol. The molecule has 2 rings (SSSR count). The molecule has 2 nitrogen and oxygen atoms in total. The second kappa shape index (κ2) is 6.27. The van der Waals surface area contributed by atoms with Gasteiger partial charge >= 0.3 is 0 Å². The average Bonchev–Trinajstić information content (AvgIpc) is 2.46. The highest BCUT2D eigenvalue weighted by atomic mass is 15.1. The number of anilines is 2. The number of benzene rings is 2. The summed E-state index contributed by atoms with van der Waals surface area (Å²) in [4.78, 5) is 4.31. The van der Waals surface area contributed by atoms with Crippen molar-refractivity contribution in [3.8, 4) is 0 Å². The van der Waals surface area contributed by atoms with Crippen LogP contribution in [0.4, 0.5) is 11.4 Å². The van der Waals surface area contributed by atoms with Crippen molar-refractivity contribution in [1.29, 1.82) is 0 Å². The first-order chi connectivity index (χ1) is 10.6. The molecule has 2 aromatic rings. The maximum absolute atomic E-state index is 2.32. The third kappa shape index (κ3) is 3.36. The topological polar surface area (TPSA) is 6.48 Å². The van der Waals surface area contributed by atoms with Crippen molar-refractivity contribution in [2.75, 3.05) is 38.0 Å². The Bertz CT molecular complexity index is 637. The van der Waals surface area contributed by atoms with Gasteiger partial charge in [0.1, 0.15) is 0 Å². The van der Waals surface area contributed by atoms with Crippen LogP contribution in [0.25, 0.3) is 0 Å². The molecule has 0 bridgehead atoms. The van der Waals surface area contributed by atoms with E-state index in [1.54, 1.807) is 0 Å². The standard InChI is InChI=1S/C21H30N2/c1-15-13-17(22(5)6)9-11-19(15)21(3,4)20-12-10-18(23(7)8)14-16(20)2/h9-14H,1-8H3. The van der Waals surface area contributed by atoms with E-state index < -0.39 is 0 Å². The molecule has 0 amide bonds. The summed E-state index contributed by atoms with van der Waals surface area (Å²) in [5.74, 6) is 0. The first-order valence-corrected chi connectivity index (χ1v) is 8.21. The van der Waals surface area contributed by atoms with Gasteiger partial charge in [-0.25, -0.2) is 0 Å². The lowest BCUT2D eigenvalue weighted by Gasteiger charge is -2.31. The van der Waals surface area contributed by atoms with Crippen LogP contribution in [0.15, 0.2) is 36.4 Å². The van der Waals surface area contributed by atoms with E-state index >= 15 is 0 Å². The minimum Gasteiger partial charge on any atom is -0.378 e. The van der Waals surface area contributed by atoms with Gasteiger partial charge in [0.25, 0.3) is 0 Å². The van der Waals surface area contributed by atoms with Crippen molar-refractivity contribution in [2.45, 2.75) is 33.1 Å². The molecule has 2 heteroatoms. The molecule has 0 fully saturated rings. The Labute approximate surface area is 141 Å². The smallest absolute Gasteiger partial charge is 0.0363 e. The van der Waals surface area contributed by atoms with Crippen LogP contribution in [0.2, 0.25) is 0 Å².